The van der Waals surface area contributed by atoms with Crippen LogP contribution in [-0.4, -0.2) is 40.0 Å². The fourth-order valence-corrected chi connectivity index (χ4v) is 0.661. The van der Waals surface area contributed by atoms with Crippen LogP contribution in [-0.2, 0) is 18.9 Å². The maximum absolute atomic E-state index is 5.07. The highest BCUT2D eigenvalue weighted by Crippen LogP contribution is 2.03. The van der Waals surface area contributed by atoms with Crippen molar-refractivity contribution in [1.82, 2.24) is 0 Å². The summed E-state index contributed by atoms with van der Waals surface area (Å²) in [6.45, 7) is 1.87. The van der Waals surface area contributed by atoms with Gasteiger partial charge < -0.3 is 18.9 Å². The van der Waals surface area contributed by atoms with E-state index in [0.29, 0.717) is 26.4 Å². The van der Waals surface area contributed by atoms with Crippen LogP contribution < -0.4 is 0 Å². The molecule has 0 unspecified atom stereocenters. The van der Waals surface area contributed by atoms with Crippen molar-refractivity contribution in [2.75, 3.05) is 33.5 Å². The Morgan fingerprint density at radius 1 is 1.30 bits per heavy atom. The molecule has 4 heteroatoms. The van der Waals surface area contributed by atoms with Crippen molar-refractivity contribution in [3.05, 3.63) is 0 Å². The Kier molecular flexibility index (Phi) is 3.67. The van der Waals surface area contributed by atoms with Crippen LogP contribution in [0.1, 0.15) is 0 Å². The molecule has 0 atom stereocenters. The molecule has 1 saturated heterocycles. The first-order valence-electron chi connectivity index (χ1n) is 3.27. The van der Waals surface area contributed by atoms with E-state index in [1.54, 1.807) is 7.11 Å². The van der Waals surface area contributed by atoms with E-state index in [0.717, 1.165) is 0 Å². The van der Waals surface area contributed by atoms with Gasteiger partial charge in [0.2, 0.25) is 0 Å². The van der Waals surface area contributed by atoms with Crippen molar-refractivity contribution < 1.29 is 18.9 Å². The second kappa shape index (κ2) is 4.62. The zero-order valence-corrected chi connectivity index (χ0v) is 6.04. The molecule has 0 saturated carbocycles. The number of ether oxygens (including phenoxy) is 4. The molecule has 1 heterocycles. The topological polar surface area (TPSA) is 36.9 Å². The molecule has 0 amide bonds. The van der Waals surface area contributed by atoms with Crippen LogP contribution in [0.3, 0.4) is 0 Å². The Morgan fingerprint density at radius 3 is 2.60 bits per heavy atom. The van der Waals surface area contributed by atoms with Gasteiger partial charge >= 0.3 is 0 Å². The average Bonchev–Trinajstić information content (AvgIpc) is 2.41. The molecule has 0 aromatic carbocycles. The van der Waals surface area contributed by atoms with Gasteiger partial charge in [-0.3, -0.25) is 0 Å². The average molecular weight is 148 g/mol. The maximum Gasteiger partial charge on any atom is 0.271 e. The van der Waals surface area contributed by atoms with Gasteiger partial charge in [-0.05, 0) is 0 Å². The van der Waals surface area contributed by atoms with Crippen molar-refractivity contribution in [3.63, 3.8) is 0 Å². The summed E-state index contributed by atoms with van der Waals surface area (Å²) in [4.78, 5) is 0. The molecule has 1 aliphatic rings. The lowest BCUT2D eigenvalue weighted by Gasteiger charge is -2.08. The molecule has 0 N–H and O–H groups in total. The Hall–Kier alpha value is -0.160. The zero-order chi connectivity index (χ0) is 7.23. The minimum absolute atomic E-state index is 0.463. The molecule has 1 aliphatic heterocycles. The lowest BCUT2D eigenvalue weighted by atomic mass is 10.8. The monoisotopic (exact) mass is 148 g/mol. The smallest absolute Gasteiger partial charge is 0.271 e. The molecule has 0 radical (unpaired) electrons. The third kappa shape index (κ3) is 2.62. The van der Waals surface area contributed by atoms with Crippen LogP contribution in [0.4, 0.5) is 0 Å². The first-order chi connectivity index (χ1) is 4.93. The lowest BCUT2D eigenvalue weighted by molar-refractivity contribution is -0.233. The van der Waals surface area contributed by atoms with Crippen LogP contribution in [0.2, 0.25) is 0 Å². The summed E-state index contributed by atoms with van der Waals surface area (Å²) >= 11 is 0. The summed E-state index contributed by atoms with van der Waals surface area (Å²) in [5.74, 6) is 0. The van der Waals surface area contributed by atoms with Gasteiger partial charge in [0.1, 0.15) is 0 Å². The fraction of sp³-hybridized carbons (Fsp3) is 1.00. The van der Waals surface area contributed by atoms with Crippen LogP contribution in [0.15, 0.2) is 0 Å². The zero-order valence-electron chi connectivity index (χ0n) is 6.04. The fourth-order valence-electron chi connectivity index (χ4n) is 0.661. The van der Waals surface area contributed by atoms with Crippen molar-refractivity contribution in [2.45, 2.75) is 6.48 Å². The minimum Gasteiger partial charge on any atom is -0.382 e. The molecule has 10 heavy (non-hydrogen) atoms. The second-order valence-corrected chi connectivity index (χ2v) is 1.89. The molecule has 1 rings (SSSR count). The van der Waals surface area contributed by atoms with Crippen LogP contribution >= 0.6 is 0 Å². The van der Waals surface area contributed by atoms with Crippen LogP contribution in [0.25, 0.3) is 0 Å². The Labute approximate surface area is 60.0 Å². The largest absolute Gasteiger partial charge is 0.382 e. The standard InChI is InChI=1S/C6H12O4/c1-7-2-3-8-6-9-4-5-10-6/h6H,2-5H2,1H3. The van der Waals surface area contributed by atoms with Gasteiger partial charge in [0.15, 0.2) is 0 Å². The highest BCUT2D eigenvalue weighted by Gasteiger charge is 2.15. The van der Waals surface area contributed by atoms with E-state index in [2.05, 4.69) is 0 Å². The second-order valence-electron chi connectivity index (χ2n) is 1.89. The van der Waals surface area contributed by atoms with Gasteiger partial charge in [0.05, 0.1) is 26.4 Å². The number of hydrogen-bond acceptors (Lipinski definition) is 4. The molecule has 60 valence electrons. The number of methoxy groups -OCH3 is 1. The number of rotatable bonds is 4. The molecule has 0 aliphatic carbocycles. The first kappa shape index (κ1) is 7.94. The van der Waals surface area contributed by atoms with Gasteiger partial charge in [0, 0.05) is 7.11 Å². The van der Waals surface area contributed by atoms with E-state index in [-0.39, 0.29) is 0 Å². The molecule has 0 aromatic rings. The minimum atomic E-state index is -0.463. The summed E-state index contributed by atoms with van der Waals surface area (Å²) in [6, 6.07) is 0. The molecule has 0 aromatic heterocycles. The van der Waals surface area contributed by atoms with Gasteiger partial charge in [0.25, 0.3) is 6.48 Å². The van der Waals surface area contributed by atoms with E-state index in [1.165, 1.54) is 0 Å². The number of hydrogen-bond donors (Lipinski definition) is 0. The van der Waals surface area contributed by atoms with Gasteiger partial charge in [-0.25, -0.2) is 0 Å². The van der Waals surface area contributed by atoms with E-state index < -0.39 is 6.48 Å². The SMILES string of the molecule is COCCOC1OCCO1. The van der Waals surface area contributed by atoms with Gasteiger partial charge in [-0.2, -0.15) is 0 Å². The summed E-state index contributed by atoms with van der Waals surface area (Å²) in [5, 5.41) is 0. The van der Waals surface area contributed by atoms with Gasteiger partial charge in [-0.15, -0.1) is 0 Å². The molecule has 0 spiro atoms. The quantitative estimate of drug-likeness (QED) is 0.525. The first-order valence-corrected chi connectivity index (χ1v) is 3.27. The highest BCUT2D eigenvalue weighted by atomic mass is 16.9. The molecular formula is C6H12O4. The molecule has 1 fully saturated rings. The summed E-state index contributed by atoms with van der Waals surface area (Å²) in [7, 11) is 1.62. The van der Waals surface area contributed by atoms with Crippen molar-refractivity contribution >= 4 is 0 Å². The maximum atomic E-state index is 5.07. The van der Waals surface area contributed by atoms with Crippen molar-refractivity contribution in [1.29, 1.82) is 0 Å². The van der Waals surface area contributed by atoms with Crippen molar-refractivity contribution in [3.8, 4) is 0 Å². The molecular weight excluding hydrogens is 136 g/mol. The van der Waals surface area contributed by atoms with Gasteiger partial charge in [-0.1, -0.05) is 0 Å². The summed E-state index contributed by atoms with van der Waals surface area (Å²) < 4.78 is 19.8. The Balaban J connectivity index is 1.91. The predicted octanol–water partition coefficient (Wildman–Crippen LogP) is -0.0202. The molecule has 4 nitrogen and oxygen atoms in total. The third-order valence-corrected chi connectivity index (χ3v) is 1.13. The van der Waals surface area contributed by atoms with E-state index in [4.69, 9.17) is 18.9 Å². The predicted molar refractivity (Wildman–Crippen MR) is 33.5 cm³/mol. The Bertz CT molecular complexity index is 79.8. The van der Waals surface area contributed by atoms with Crippen LogP contribution in [0.5, 0.6) is 0 Å². The highest BCUT2D eigenvalue weighted by molar-refractivity contribution is 4.39. The Morgan fingerprint density at radius 2 is 2.00 bits per heavy atom. The third-order valence-electron chi connectivity index (χ3n) is 1.13. The lowest BCUT2D eigenvalue weighted by Crippen LogP contribution is -2.15. The van der Waals surface area contributed by atoms with E-state index >= 15 is 0 Å². The molecule has 0 bridgehead atoms. The normalized spacial score (nSPS) is 20.1. The van der Waals surface area contributed by atoms with Crippen molar-refractivity contribution in [2.24, 2.45) is 0 Å². The summed E-state index contributed by atoms with van der Waals surface area (Å²) in [5.41, 5.74) is 0. The van der Waals surface area contributed by atoms with E-state index in [1.807, 2.05) is 0 Å². The summed E-state index contributed by atoms with van der Waals surface area (Å²) in [6.07, 6.45) is 0. The van der Waals surface area contributed by atoms with Crippen LogP contribution in [0, 0.1) is 0 Å². The van der Waals surface area contributed by atoms with E-state index in [9.17, 15) is 0 Å².